The first-order chi connectivity index (χ1) is 6.77. The van der Waals surface area contributed by atoms with Crippen LogP contribution in [-0.4, -0.2) is 35.8 Å². The second-order valence-electron chi connectivity index (χ2n) is 3.40. The summed E-state index contributed by atoms with van der Waals surface area (Å²) in [5.41, 5.74) is 5.60. The lowest BCUT2D eigenvalue weighted by atomic mass is 10.3. The van der Waals surface area contributed by atoms with E-state index in [0.717, 1.165) is 19.8 Å². The number of morpholine rings is 1. The fourth-order valence-corrected chi connectivity index (χ4v) is 1.52. The van der Waals surface area contributed by atoms with Crippen LogP contribution < -0.4 is 10.6 Å². The number of nitrogens with zero attached hydrogens (tertiary/aromatic N) is 3. The molecule has 0 bridgehead atoms. The summed E-state index contributed by atoms with van der Waals surface area (Å²) < 4.78 is 5.34. The Morgan fingerprint density at radius 1 is 1.64 bits per heavy atom. The molecule has 14 heavy (non-hydrogen) atoms. The lowest BCUT2D eigenvalue weighted by molar-refractivity contribution is 0.0981. The molecule has 5 nitrogen and oxygen atoms in total. The van der Waals surface area contributed by atoms with E-state index >= 15 is 0 Å². The second-order valence-corrected chi connectivity index (χ2v) is 3.40. The predicted molar refractivity (Wildman–Crippen MR) is 54.1 cm³/mol. The molecule has 2 rings (SSSR count). The van der Waals surface area contributed by atoms with Crippen LogP contribution in [0.15, 0.2) is 12.3 Å². The SMILES string of the molecule is CC1COCCN1c1nccc(N)n1. The van der Waals surface area contributed by atoms with Crippen molar-refractivity contribution in [3.05, 3.63) is 12.3 Å². The number of aromatic nitrogens is 2. The lowest BCUT2D eigenvalue weighted by Crippen LogP contribution is -2.44. The zero-order chi connectivity index (χ0) is 9.97. The summed E-state index contributed by atoms with van der Waals surface area (Å²) in [5, 5.41) is 0. The third-order valence-electron chi connectivity index (χ3n) is 2.29. The van der Waals surface area contributed by atoms with Crippen molar-refractivity contribution in [1.29, 1.82) is 0 Å². The van der Waals surface area contributed by atoms with Crippen LogP contribution in [-0.2, 0) is 4.74 Å². The molecule has 0 aliphatic carbocycles. The van der Waals surface area contributed by atoms with Crippen molar-refractivity contribution in [2.45, 2.75) is 13.0 Å². The standard InChI is InChI=1S/C9H14N4O/c1-7-6-14-5-4-13(7)9-11-3-2-8(10)12-9/h2-3,7H,4-6H2,1H3,(H2,10,11,12). The number of anilines is 2. The molecule has 1 aliphatic rings. The normalized spacial score (nSPS) is 22.4. The van der Waals surface area contributed by atoms with Gasteiger partial charge in [0, 0.05) is 12.7 Å². The largest absolute Gasteiger partial charge is 0.384 e. The Morgan fingerprint density at radius 2 is 2.50 bits per heavy atom. The van der Waals surface area contributed by atoms with Crippen LogP contribution in [0.1, 0.15) is 6.92 Å². The van der Waals surface area contributed by atoms with Gasteiger partial charge in [-0.2, -0.15) is 4.98 Å². The summed E-state index contributed by atoms with van der Waals surface area (Å²) in [6.45, 7) is 4.36. The average molecular weight is 194 g/mol. The van der Waals surface area contributed by atoms with Crippen LogP contribution in [0, 0.1) is 0 Å². The number of nitrogen functional groups attached to an aromatic ring is 1. The first-order valence-corrected chi connectivity index (χ1v) is 4.70. The van der Waals surface area contributed by atoms with E-state index in [2.05, 4.69) is 21.8 Å². The van der Waals surface area contributed by atoms with Crippen LogP contribution in [0.25, 0.3) is 0 Å². The molecule has 0 spiro atoms. The Kier molecular flexibility index (Phi) is 2.49. The molecule has 2 heterocycles. The van der Waals surface area contributed by atoms with Crippen LogP contribution >= 0.6 is 0 Å². The van der Waals surface area contributed by atoms with Crippen LogP contribution in [0.3, 0.4) is 0 Å². The molecule has 1 atom stereocenters. The minimum Gasteiger partial charge on any atom is -0.384 e. The van der Waals surface area contributed by atoms with E-state index in [4.69, 9.17) is 10.5 Å². The van der Waals surface area contributed by atoms with Gasteiger partial charge in [0.25, 0.3) is 0 Å². The third-order valence-corrected chi connectivity index (χ3v) is 2.29. The summed E-state index contributed by atoms with van der Waals surface area (Å²) in [5.74, 6) is 1.20. The minimum atomic E-state index is 0.311. The molecule has 1 unspecified atom stereocenters. The molecule has 1 aromatic rings. The fourth-order valence-electron chi connectivity index (χ4n) is 1.52. The Hall–Kier alpha value is -1.36. The smallest absolute Gasteiger partial charge is 0.227 e. The molecular formula is C9H14N4O. The topological polar surface area (TPSA) is 64.3 Å². The number of nitrogens with two attached hydrogens (primary N) is 1. The molecule has 1 saturated heterocycles. The van der Waals surface area contributed by atoms with Crippen molar-refractivity contribution in [2.24, 2.45) is 0 Å². The van der Waals surface area contributed by atoms with Gasteiger partial charge in [0.15, 0.2) is 0 Å². The van der Waals surface area contributed by atoms with Crippen LogP contribution in [0.2, 0.25) is 0 Å². The first-order valence-electron chi connectivity index (χ1n) is 4.70. The van der Waals surface area contributed by atoms with E-state index in [-0.39, 0.29) is 0 Å². The maximum absolute atomic E-state index is 5.60. The van der Waals surface area contributed by atoms with Gasteiger partial charge in [-0.25, -0.2) is 4.98 Å². The van der Waals surface area contributed by atoms with Crippen molar-refractivity contribution in [1.82, 2.24) is 9.97 Å². The second kappa shape index (κ2) is 3.79. The van der Waals surface area contributed by atoms with Crippen molar-refractivity contribution in [3.8, 4) is 0 Å². The highest BCUT2D eigenvalue weighted by molar-refractivity contribution is 5.38. The number of hydrogen-bond acceptors (Lipinski definition) is 5. The summed E-state index contributed by atoms with van der Waals surface area (Å²) in [6.07, 6.45) is 1.68. The molecule has 1 fully saturated rings. The van der Waals surface area contributed by atoms with Gasteiger partial charge in [0.1, 0.15) is 5.82 Å². The quantitative estimate of drug-likeness (QED) is 0.695. The summed E-state index contributed by atoms with van der Waals surface area (Å²) in [6, 6.07) is 2.00. The number of hydrogen-bond donors (Lipinski definition) is 1. The van der Waals surface area contributed by atoms with E-state index in [1.54, 1.807) is 12.3 Å². The van der Waals surface area contributed by atoms with E-state index in [1.807, 2.05) is 0 Å². The highest BCUT2D eigenvalue weighted by Gasteiger charge is 2.20. The number of ether oxygens (including phenoxy) is 1. The molecule has 76 valence electrons. The zero-order valence-corrected chi connectivity index (χ0v) is 8.18. The molecular weight excluding hydrogens is 180 g/mol. The predicted octanol–water partition coefficient (Wildman–Crippen LogP) is 0.284. The van der Waals surface area contributed by atoms with E-state index in [9.17, 15) is 0 Å². The average Bonchev–Trinajstić information content (AvgIpc) is 2.18. The fraction of sp³-hybridized carbons (Fsp3) is 0.556. The Balaban J connectivity index is 2.20. The van der Waals surface area contributed by atoms with Gasteiger partial charge in [-0.1, -0.05) is 0 Å². The van der Waals surface area contributed by atoms with Crippen molar-refractivity contribution in [3.63, 3.8) is 0 Å². The van der Waals surface area contributed by atoms with Gasteiger partial charge < -0.3 is 15.4 Å². The summed E-state index contributed by atoms with van der Waals surface area (Å²) in [4.78, 5) is 10.5. The molecule has 1 aromatic heterocycles. The first kappa shape index (κ1) is 9.21. The summed E-state index contributed by atoms with van der Waals surface area (Å²) in [7, 11) is 0. The van der Waals surface area contributed by atoms with Crippen molar-refractivity contribution < 1.29 is 4.74 Å². The third kappa shape index (κ3) is 1.77. The van der Waals surface area contributed by atoms with Gasteiger partial charge >= 0.3 is 0 Å². The Morgan fingerprint density at radius 3 is 3.21 bits per heavy atom. The monoisotopic (exact) mass is 194 g/mol. The maximum atomic E-state index is 5.60. The molecule has 1 aliphatic heterocycles. The van der Waals surface area contributed by atoms with Crippen LogP contribution in [0.4, 0.5) is 11.8 Å². The lowest BCUT2D eigenvalue weighted by Gasteiger charge is -2.33. The van der Waals surface area contributed by atoms with Crippen molar-refractivity contribution >= 4 is 11.8 Å². The van der Waals surface area contributed by atoms with E-state index in [1.165, 1.54) is 0 Å². The highest BCUT2D eigenvalue weighted by atomic mass is 16.5. The van der Waals surface area contributed by atoms with E-state index in [0.29, 0.717) is 17.8 Å². The van der Waals surface area contributed by atoms with Gasteiger partial charge in [-0.05, 0) is 13.0 Å². The van der Waals surface area contributed by atoms with Gasteiger partial charge in [-0.3, -0.25) is 0 Å². The number of rotatable bonds is 1. The minimum absolute atomic E-state index is 0.311. The Bertz CT molecular complexity index is 317. The van der Waals surface area contributed by atoms with Crippen LogP contribution in [0.5, 0.6) is 0 Å². The Labute approximate surface area is 82.9 Å². The summed E-state index contributed by atoms with van der Waals surface area (Å²) >= 11 is 0. The maximum Gasteiger partial charge on any atom is 0.227 e. The van der Waals surface area contributed by atoms with Gasteiger partial charge in [0.2, 0.25) is 5.95 Å². The molecule has 0 saturated carbocycles. The molecule has 5 heteroatoms. The van der Waals surface area contributed by atoms with Gasteiger partial charge in [0.05, 0.1) is 19.3 Å². The molecule has 2 N–H and O–H groups in total. The zero-order valence-electron chi connectivity index (χ0n) is 8.18. The highest BCUT2D eigenvalue weighted by Crippen LogP contribution is 2.14. The molecule has 0 amide bonds. The molecule has 0 aromatic carbocycles. The van der Waals surface area contributed by atoms with Crippen molar-refractivity contribution in [2.75, 3.05) is 30.4 Å². The van der Waals surface area contributed by atoms with Gasteiger partial charge in [-0.15, -0.1) is 0 Å². The molecule has 0 radical (unpaired) electrons. The van der Waals surface area contributed by atoms with E-state index < -0.39 is 0 Å².